The third kappa shape index (κ3) is 5.62. The Hall–Kier alpha value is -2.73. The van der Waals surface area contributed by atoms with E-state index in [0.717, 1.165) is 23.4 Å². The molecule has 0 unspecified atom stereocenters. The van der Waals surface area contributed by atoms with Crippen molar-refractivity contribution in [3.63, 3.8) is 0 Å². The highest BCUT2D eigenvalue weighted by Gasteiger charge is 2.20. The first-order valence-corrected chi connectivity index (χ1v) is 9.10. The SMILES string of the molecule is CCOc1c(Nc2ccc(C(=N)N)cc2)ccc(CC)c1OCC(C)(C)O. The van der Waals surface area contributed by atoms with Crippen LogP contribution in [0.15, 0.2) is 36.4 Å². The largest absolute Gasteiger partial charge is 0.488 e. The van der Waals surface area contributed by atoms with Crippen LogP contribution in [0, 0.1) is 5.41 Å². The number of benzene rings is 2. The van der Waals surface area contributed by atoms with Gasteiger partial charge in [-0.25, -0.2) is 0 Å². The molecule has 2 aromatic carbocycles. The quantitative estimate of drug-likeness (QED) is 0.396. The second kappa shape index (κ2) is 8.77. The Morgan fingerprint density at radius 3 is 2.26 bits per heavy atom. The summed E-state index contributed by atoms with van der Waals surface area (Å²) < 4.78 is 11.8. The highest BCUT2D eigenvalue weighted by molar-refractivity contribution is 5.95. The van der Waals surface area contributed by atoms with Crippen LogP contribution in [0.2, 0.25) is 0 Å². The van der Waals surface area contributed by atoms with Gasteiger partial charge in [-0.15, -0.1) is 0 Å². The fourth-order valence-electron chi connectivity index (χ4n) is 2.56. The normalized spacial score (nSPS) is 11.1. The molecule has 27 heavy (non-hydrogen) atoms. The zero-order valence-electron chi connectivity index (χ0n) is 16.4. The average molecular weight is 371 g/mol. The Morgan fingerprint density at radius 2 is 1.74 bits per heavy atom. The van der Waals surface area contributed by atoms with E-state index in [4.69, 9.17) is 20.6 Å². The molecule has 2 rings (SSSR count). The number of hydrogen-bond donors (Lipinski definition) is 4. The lowest BCUT2D eigenvalue weighted by molar-refractivity contribution is 0.0271. The van der Waals surface area contributed by atoms with Crippen molar-refractivity contribution >= 4 is 17.2 Å². The van der Waals surface area contributed by atoms with Gasteiger partial charge in [0.05, 0.1) is 17.9 Å². The molecular formula is C21H29N3O3. The van der Waals surface area contributed by atoms with Gasteiger partial charge in [0.2, 0.25) is 0 Å². The van der Waals surface area contributed by atoms with Gasteiger partial charge in [-0.2, -0.15) is 0 Å². The lowest BCUT2D eigenvalue weighted by Crippen LogP contribution is -2.28. The standard InChI is InChI=1S/C21H29N3O3/c1-5-14-9-12-17(24-16-10-7-15(8-11-16)20(22)23)19(26-6-2)18(14)27-13-21(3,4)25/h7-12,24-25H,5-6,13H2,1-4H3,(H3,22,23). The topological polar surface area (TPSA) is 101 Å². The second-order valence-electron chi connectivity index (χ2n) is 6.93. The highest BCUT2D eigenvalue weighted by Crippen LogP contribution is 2.40. The molecule has 0 aliphatic heterocycles. The highest BCUT2D eigenvalue weighted by atomic mass is 16.5. The van der Waals surface area contributed by atoms with Crippen LogP contribution < -0.4 is 20.5 Å². The number of anilines is 2. The first-order chi connectivity index (χ1) is 12.7. The maximum Gasteiger partial charge on any atom is 0.184 e. The van der Waals surface area contributed by atoms with Crippen LogP contribution in [0.4, 0.5) is 11.4 Å². The molecule has 0 aliphatic rings. The summed E-state index contributed by atoms with van der Waals surface area (Å²) in [6.45, 7) is 8.04. The molecular weight excluding hydrogens is 342 g/mol. The van der Waals surface area contributed by atoms with E-state index in [1.165, 1.54) is 0 Å². The Morgan fingerprint density at radius 1 is 1.07 bits per heavy atom. The van der Waals surface area contributed by atoms with Crippen LogP contribution in [-0.2, 0) is 6.42 Å². The van der Waals surface area contributed by atoms with Crippen molar-refractivity contribution in [1.29, 1.82) is 5.41 Å². The average Bonchev–Trinajstić information content (AvgIpc) is 2.61. The molecule has 0 aliphatic carbocycles. The number of aliphatic hydroxyl groups is 1. The van der Waals surface area contributed by atoms with E-state index in [-0.39, 0.29) is 12.4 Å². The van der Waals surface area contributed by atoms with Crippen LogP contribution in [-0.4, -0.2) is 29.8 Å². The number of nitrogen functional groups attached to an aromatic ring is 1. The molecule has 0 atom stereocenters. The van der Waals surface area contributed by atoms with E-state index in [1.807, 2.05) is 31.2 Å². The predicted molar refractivity (Wildman–Crippen MR) is 110 cm³/mol. The van der Waals surface area contributed by atoms with Crippen molar-refractivity contribution in [3.05, 3.63) is 47.5 Å². The summed E-state index contributed by atoms with van der Waals surface area (Å²) in [5.74, 6) is 1.30. The fourth-order valence-corrected chi connectivity index (χ4v) is 2.56. The first kappa shape index (κ1) is 20.6. The smallest absolute Gasteiger partial charge is 0.184 e. The summed E-state index contributed by atoms with van der Waals surface area (Å²) in [6.07, 6.45) is 0.787. The molecule has 6 heteroatoms. The minimum Gasteiger partial charge on any atom is -0.488 e. The minimum atomic E-state index is -0.944. The lowest BCUT2D eigenvalue weighted by Gasteiger charge is -2.23. The second-order valence-corrected chi connectivity index (χ2v) is 6.93. The Balaban J connectivity index is 2.38. The van der Waals surface area contributed by atoms with E-state index >= 15 is 0 Å². The molecule has 0 saturated carbocycles. The monoisotopic (exact) mass is 371 g/mol. The molecule has 0 fully saturated rings. The van der Waals surface area contributed by atoms with Crippen LogP contribution in [0.25, 0.3) is 0 Å². The molecule has 0 aromatic heterocycles. The number of nitrogens with two attached hydrogens (primary N) is 1. The van der Waals surface area contributed by atoms with Crippen molar-refractivity contribution in [2.45, 2.75) is 39.7 Å². The number of rotatable bonds is 9. The number of ether oxygens (including phenoxy) is 2. The van der Waals surface area contributed by atoms with Crippen LogP contribution >= 0.6 is 0 Å². The van der Waals surface area contributed by atoms with Crippen LogP contribution in [0.1, 0.15) is 38.8 Å². The van der Waals surface area contributed by atoms with Gasteiger partial charge >= 0.3 is 0 Å². The third-order valence-corrected chi connectivity index (χ3v) is 3.91. The molecule has 0 amide bonds. The van der Waals surface area contributed by atoms with Crippen LogP contribution in [0.5, 0.6) is 11.5 Å². The van der Waals surface area contributed by atoms with Crippen LogP contribution in [0.3, 0.4) is 0 Å². The summed E-state index contributed by atoms with van der Waals surface area (Å²) in [4.78, 5) is 0. The van der Waals surface area contributed by atoms with Gasteiger partial charge in [0.25, 0.3) is 0 Å². The Kier molecular flexibility index (Phi) is 6.69. The van der Waals surface area contributed by atoms with Gasteiger partial charge in [0, 0.05) is 11.3 Å². The first-order valence-electron chi connectivity index (χ1n) is 9.10. The summed E-state index contributed by atoms with van der Waals surface area (Å²) >= 11 is 0. The van der Waals surface area contributed by atoms with Crippen molar-refractivity contribution in [2.24, 2.45) is 5.73 Å². The molecule has 0 heterocycles. The summed E-state index contributed by atoms with van der Waals surface area (Å²) in [7, 11) is 0. The molecule has 0 bridgehead atoms. The van der Waals surface area contributed by atoms with E-state index in [0.29, 0.717) is 23.7 Å². The predicted octanol–water partition coefficient (Wildman–Crippen LogP) is 3.83. The summed E-state index contributed by atoms with van der Waals surface area (Å²) in [5.41, 5.74) is 7.86. The fraction of sp³-hybridized carbons (Fsp3) is 0.381. The van der Waals surface area contributed by atoms with Crippen molar-refractivity contribution in [1.82, 2.24) is 0 Å². The zero-order valence-corrected chi connectivity index (χ0v) is 16.4. The summed E-state index contributed by atoms with van der Waals surface area (Å²) in [5, 5.41) is 20.8. The van der Waals surface area contributed by atoms with Gasteiger partial charge in [-0.1, -0.05) is 13.0 Å². The molecule has 5 N–H and O–H groups in total. The molecule has 2 aromatic rings. The van der Waals surface area contributed by atoms with Gasteiger partial charge in [0.15, 0.2) is 11.5 Å². The Bertz CT molecular complexity index is 780. The third-order valence-electron chi connectivity index (χ3n) is 3.91. The van der Waals surface area contributed by atoms with E-state index in [9.17, 15) is 5.11 Å². The minimum absolute atomic E-state index is 0.0335. The molecule has 0 radical (unpaired) electrons. The Labute approximate surface area is 160 Å². The molecule has 6 nitrogen and oxygen atoms in total. The zero-order chi connectivity index (χ0) is 20.0. The van der Waals surface area contributed by atoms with Crippen molar-refractivity contribution in [2.75, 3.05) is 18.5 Å². The van der Waals surface area contributed by atoms with Crippen molar-refractivity contribution < 1.29 is 14.6 Å². The number of nitrogens with one attached hydrogen (secondary N) is 2. The van der Waals surface area contributed by atoms with Crippen molar-refractivity contribution in [3.8, 4) is 11.5 Å². The van der Waals surface area contributed by atoms with E-state index in [2.05, 4.69) is 12.2 Å². The number of aryl methyl sites for hydroxylation is 1. The molecule has 0 spiro atoms. The maximum absolute atomic E-state index is 10.0. The van der Waals surface area contributed by atoms with Gasteiger partial charge in [-0.3, -0.25) is 5.41 Å². The number of hydrogen-bond acceptors (Lipinski definition) is 5. The van der Waals surface area contributed by atoms with Gasteiger partial charge < -0.3 is 25.6 Å². The summed E-state index contributed by atoms with van der Waals surface area (Å²) in [6, 6.07) is 11.2. The number of amidine groups is 1. The molecule has 0 saturated heterocycles. The lowest BCUT2D eigenvalue weighted by atomic mass is 10.1. The van der Waals surface area contributed by atoms with E-state index < -0.39 is 5.60 Å². The van der Waals surface area contributed by atoms with Gasteiger partial charge in [0.1, 0.15) is 12.4 Å². The van der Waals surface area contributed by atoms with Gasteiger partial charge in [-0.05, 0) is 63.1 Å². The van der Waals surface area contributed by atoms with E-state index in [1.54, 1.807) is 26.0 Å². The maximum atomic E-state index is 10.0. The molecule has 146 valence electrons.